The first-order valence-corrected chi connectivity index (χ1v) is 4.77. The smallest absolute Gasteiger partial charge is 0.236 e. The normalized spacial score (nSPS) is 24.7. The molecule has 1 aliphatic heterocycles. The number of carbonyl (C=O) groups excluding carboxylic acids is 1. The highest BCUT2D eigenvalue weighted by Gasteiger charge is 2.40. The maximum Gasteiger partial charge on any atom is 0.236 e. The van der Waals surface area contributed by atoms with Crippen molar-refractivity contribution < 1.29 is 9.90 Å². The van der Waals surface area contributed by atoms with E-state index in [1.807, 2.05) is 19.9 Å². The Bertz CT molecular complexity index is 268. The predicted molar refractivity (Wildman–Crippen MR) is 51.2 cm³/mol. The molecule has 4 nitrogen and oxygen atoms in total. The van der Waals surface area contributed by atoms with Crippen LogP contribution in [0.2, 0.25) is 0 Å². The highest BCUT2D eigenvalue weighted by atomic mass is 16.3. The summed E-state index contributed by atoms with van der Waals surface area (Å²) in [6, 6.07) is 1.85. The minimum absolute atomic E-state index is 0.0418. The lowest BCUT2D eigenvalue weighted by atomic mass is 9.83. The van der Waals surface area contributed by atoms with Gasteiger partial charge in [-0.25, -0.2) is 0 Å². The van der Waals surface area contributed by atoms with Crippen molar-refractivity contribution in [2.75, 3.05) is 19.7 Å². The molecule has 78 valence electrons. The van der Waals surface area contributed by atoms with E-state index in [9.17, 15) is 4.79 Å². The Hall–Kier alpha value is -1.08. The fourth-order valence-corrected chi connectivity index (χ4v) is 1.87. The van der Waals surface area contributed by atoms with Gasteiger partial charge in [-0.2, -0.15) is 5.26 Å². The van der Waals surface area contributed by atoms with E-state index in [-0.39, 0.29) is 30.3 Å². The monoisotopic (exact) mass is 196 g/mol. The van der Waals surface area contributed by atoms with Gasteiger partial charge < -0.3 is 10.0 Å². The molecule has 14 heavy (non-hydrogen) atoms. The molecule has 1 aliphatic rings. The van der Waals surface area contributed by atoms with Crippen LogP contribution in [0, 0.1) is 22.7 Å². The summed E-state index contributed by atoms with van der Waals surface area (Å²) in [6.07, 6.45) is -0.0613. The van der Waals surface area contributed by atoms with Crippen LogP contribution in [0.25, 0.3) is 0 Å². The molecule has 1 N–H and O–H groups in total. The summed E-state index contributed by atoms with van der Waals surface area (Å²) >= 11 is 0. The van der Waals surface area contributed by atoms with Crippen LogP contribution in [0.1, 0.15) is 20.3 Å². The number of hydrogen-bond acceptors (Lipinski definition) is 3. The first-order valence-electron chi connectivity index (χ1n) is 4.77. The molecule has 0 aromatic rings. The summed E-state index contributed by atoms with van der Waals surface area (Å²) in [6.45, 7) is 5.38. The van der Waals surface area contributed by atoms with Crippen LogP contribution in [0.15, 0.2) is 0 Å². The summed E-state index contributed by atoms with van der Waals surface area (Å²) in [5, 5.41) is 17.5. The number of nitriles is 1. The van der Waals surface area contributed by atoms with Gasteiger partial charge in [-0.1, -0.05) is 13.8 Å². The zero-order chi connectivity index (χ0) is 10.8. The first-order chi connectivity index (χ1) is 6.51. The summed E-state index contributed by atoms with van der Waals surface area (Å²) in [5.41, 5.74) is -0.0418. The highest BCUT2D eigenvalue weighted by Crippen LogP contribution is 2.34. The minimum atomic E-state index is -0.128. The Morgan fingerprint density at radius 2 is 2.36 bits per heavy atom. The lowest BCUT2D eigenvalue weighted by Gasteiger charge is -2.23. The SMILES string of the molecule is CC1(C)CN(C(=O)CC#N)CC1CO. The van der Waals surface area contributed by atoms with Crippen molar-refractivity contribution in [3.8, 4) is 6.07 Å². The third-order valence-corrected chi connectivity index (χ3v) is 2.95. The van der Waals surface area contributed by atoms with E-state index in [0.717, 1.165) is 0 Å². The number of rotatable bonds is 2. The molecule has 0 aliphatic carbocycles. The van der Waals surface area contributed by atoms with Crippen molar-refractivity contribution in [3.63, 3.8) is 0 Å². The molecule has 0 aromatic carbocycles. The van der Waals surface area contributed by atoms with Crippen molar-refractivity contribution in [1.29, 1.82) is 5.26 Å². The number of carbonyl (C=O) groups is 1. The number of aliphatic hydroxyl groups is 1. The Labute approximate surface area is 84.1 Å². The molecule has 1 unspecified atom stereocenters. The van der Waals surface area contributed by atoms with Gasteiger partial charge in [-0.3, -0.25) is 4.79 Å². The average Bonchev–Trinajstić information content (AvgIpc) is 2.41. The number of hydrogen-bond donors (Lipinski definition) is 1. The van der Waals surface area contributed by atoms with Gasteiger partial charge in [0.1, 0.15) is 6.42 Å². The lowest BCUT2D eigenvalue weighted by Crippen LogP contribution is -2.29. The number of nitrogens with zero attached hydrogens (tertiary/aromatic N) is 2. The Kier molecular flexibility index (Phi) is 3.12. The summed E-state index contributed by atoms with van der Waals surface area (Å²) < 4.78 is 0. The second-order valence-electron chi connectivity index (χ2n) is 4.48. The van der Waals surface area contributed by atoms with Crippen LogP contribution >= 0.6 is 0 Å². The van der Waals surface area contributed by atoms with Crippen molar-refractivity contribution in [2.24, 2.45) is 11.3 Å². The topological polar surface area (TPSA) is 64.3 Å². The van der Waals surface area contributed by atoms with Gasteiger partial charge >= 0.3 is 0 Å². The van der Waals surface area contributed by atoms with Crippen LogP contribution < -0.4 is 0 Å². The molecule has 1 amide bonds. The van der Waals surface area contributed by atoms with E-state index in [1.165, 1.54) is 0 Å². The molecule has 0 saturated carbocycles. The first kappa shape index (κ1) is 11.0. The summed E-state index contributed by atoms with van der Waals surface area (Å²) in [4.78, 5) is 13.1. The largest absolute Gasteiger partial charge is 0.396 e. The number of likely N-dealkylation sites (tertiary alicyclic amines) is 1. The van der Waals surface area contributed by atoms with E-state index in [1.54, 1.807) is 4.90 Å². The maximum atomic E-state index is 11.4. The fraction of sp³-hybridized carbons (Fsp3) is 0.800. The van der Waals surface area contributed by atoms with E-state index in [0.29, 0.717) is 13.1 Å². The van der Waals surface area contributed by atoms with Crippen molar-refractivity contribution in [2.45, 2.75) is 20.3 Å². The molecule has 1 rings (SSSR count). The molecule has 4 heteroatoms. The van der Waals surface area contributed by atoms with Gasteiger partial charge in [0.05, 0.1) is 6.07 Å². The molecule has 1 fully saturated rings. The molecule has 0 aromatic heterocycles. The van der Waals surface area contributed by atoms with E-state index in [2.05, 4.69) is 0 Å². The van der Waals surface area contributed by atoms with E-state index >= 15 is 0 Å². The number of amides is 1. The molecule has 1 heterocycles. The molecule has 0 radical (unpaired) electrons. The average molecular weight is 196 g/mol. The zero-order valence-corrected chi connectivity index (χ0v) is 8.66. The zero-order valence-electron chi connectivity index (χ0n) is 8.66. The standard InChI is InChI=1S/C10H16N2O2/c1-10(2)7-12(5-8(10)6-13)9(14)3-4-11/h8,13H,3,5-7H2,1-2H3. The third kappa shape index (κ3) is 2.05. The molecular formula is C10H16N2O2. The molecule has 0 bridgehead atoms. The highest BCUT2D eigenvalue weighted by molar-refractivity contribution is 5.78. The van der Waals surface area contributed by atoms with Gasteiger partial charge in [-0.15, -0.1) is 0 Å². The van der Waals surface area contributed by atoms with Crippen molar-refractivity contribution >= 4 is 5.91 Å². The summed E-state index contributed by atoms with van der Waals surface area (Å²) in [7, 11) is 0. The minimum Gasteiger partial charge on any atom is -0.396 e. The van der Waals surface area contributed by atoms with Gasteiger partial charge in [-0.05, 0) is 5.41 Å². The van der Waals surface area contributed by atoms with Gasteiger partial charge in [0, 0.05) is 25.6 Å². The molecule has 0 spiro atoms. The van der Waals surface area contributed by atoms with Crippen molar-refractivity contribution in [3.05, 3.63) is 0 Å². The van der Waals surface area contributed by atoms with Crippen LogP contribution in [0.5, 0.6) is 0 Å². The Balaban J connectivity index is 2.63. The Morgan fingerprint density at radius 1 is 1.71 bits per heavy atom. The van der Waals surface area contributed by atoms with Gasteiger partial charge in [0.2, 0.25) is 5.91 Å². The molecule has 1 atom stereocenters. The van der Waals surface area contributed by atoms with Crippen LogP contribution in [-0.2, 0) is 4.79 Å². The van der Waals surface area contributed by atoms with E-state index in [4.69, 9.17) is 10.4 Å². The fourth-order valence-electron chi connectivity index (χ4n) is 1.87. The third-order valence-electron chi connectivity index (χ3n) is 2.95. The predicted octanol–water partition coefficient (Wildman–Crippen LogP) is 0.377. The second-order valence-corrected chi connectivity index (χ2v) is 4.48. The lowest BCUT2D eigenvalue weighted by molar-refractivity contribution is -0.129. The van der Waals surface area contributed by atoms with Crippen LogP contribution in [0.4, 0.5) is 0 Å². The van der Waals surface area contributed by atoms with Crippen LogP contribution in [0.3, 0.4) is 0 Å². The summed E-state index contributed by atoms with van der Waals surface area (Å²) in [5.74, 6) is 0.00154. The van der Waals surface area contributed by atoms with Gasteiger partial charge in [0.25, 0.3) is 0 Å². The Morgan fingerprint density at radius 3 is 2.79 bits per heavy atom. The molecule has 1 saturated heterocycles. The number of aliphatic hydroxyl groups excluding tert-OH is 1. The van der Waals surface area contributed by atoms with E-state index < -0.39 is 0 Å². The second kappa shape index (κ2) is 3.97. The maximum absolute atomic E-state index is 11.4. The van der Waals surface area contributed by atoms with Gasteiger partial charge in [0.15, 0.2) is 0 Å². The molecular weight excluding hydrogens is 180 g/mol. The van der Waals surface area contributed by atoms with Crippen molar-refractivity contribution in [1.82, 2.24) is 4.90 Å². The van der Waals surface area contributed by atoms with Crippen LogP contribution in [-0.4, -0.2) is 35.6 Å². The quantitative estimate of drug-likeness (QED) is 0.694.